The molecule has 0 spiro atoms. The van der Waals surface area contributed by atoms with Crippen LogP contribution in [0, 0.1) is 5.92 Å². The lowest BCUT2D eigenvalue weighted by molar-refractivity contribution is -0.137. The Morgan fingerprint density at radius 3 is 2.56 bits per heavy atom. The first-order valence-electron chi connectivity index (χ1n) is 11.3. The number of benzene rings is 2. The van der Waals surface area contributed by atoms with E-state index in [9.17, 15) is 18.0 Å². The van der Waals surface area contributed by atoms with Crippen LogP contribution in [0.15, 0.2) is 72.9 Å². The summed E-state index contributed by atoms with van der Waals surface area (Å²) in [6.45, 7) is 2.25. The normalized spacial score (nSPS) is 19.9. The molecule has 0 radical (unpaired) electrons. The molecule has 1 aromatic heterocycles. The van der Waals surface area contributed by atoms with Gasteiger partial charge in [-0.05, 0) is 54.4 Å². The number of pyridine rings is 1. The fourth-order valence-electron chi connectivity index (χ4n) is 4.98. The SMILES string of the molecule is O=C(NCc1ccccn1)[C@@H]1Cc2cc(C(F)(F)F)ccc2N2CCN(c3ccccc3)C[C@H]12. The molecule has 1 amide bonds. The zero-order chi connectivity index (χ0) is 23.7. The second kappa shape index (κ2) is 9.00. The van der Waals surface area contributed by atoms with Gasteiger partial charge >= 0.3 is 6.18 Å². The molecular formula is C26H25F3N4O. The first-order valence-corrected chi connectivity index (χ1v) is 11.3. The molecule has 1 N–H and O–H groups in total. The summed E-state index contributed by atoms with van der Waals surface area (Å²) in [5.74, 6) is -0.648. The number of aromatic nitrogens is 1. The van der Waals surface area contributed by atoms with Gasteiger partial charge in [0, 0.05) is 37.2 Å². The molecule has 3 heterocycles. The lowest BCUT2D eigenvalue weighted by atomic mass is 9.82. The minimum atomic E-state index is -4.42. The highest BCUT2D eigenvalue weighted by molar-refractivity contribution is 5.82. The van der Waals surface area contributed by atoms with E-state index in [1.54, 1.807) is 18.3 Å². The van der Waals surface area contributed by atoms with Crippen molar-refractivity contribution in [2.75, 3.05) is 29.4 Å². The summed E-state index contributed by atoms with van der Waals surface area (Å²) in [6.07, 6.45) is -2.50. The smallest absolute Gasteiger partial charge is 0.368 e. The van der Waals surface area contributed by atoms with E-state index in [2.05, 4.69) is 20.1 Å². The van der Waals surface area contributed by atoms with Gasteiger partial charge < -0.3 is 15.1 Å². The number of carbonyl (C=O) groups excluding carboxylic acids is 1. The predicted octanol–water partition coefficient (Wildman–Crippen LogP) is 4.28. The molecule has 0 aliphatic carbocycles. The molecule has 3 aromatic rings. The number of halogens is 3. The summed E-state index contributed by atoms with van der Waals surface area (Å²) in [5.41, 5.74) is 2.49. The van der Waals surface area contributed by atoms with Crippen LogP contribution in [0.2, 0.25) is 0 Å². The van der Waals surface area contributed by atoms with Crippen LogP contribution in [-0.2, 0) is 23.9 Å². The zero-order valence-electron chi connectivity index (χ0n) is 18.5. The minimum Gasteiger partial charge on any atom is -0.368 e. The molecule has 5 rings (SSSR count). The highest BCUT2D eigenvalue weighted by Gasteiger charge is 2.42. The fraction of sp³-hybridized carbons (Fsp3) is 0.308. The number of hydrogen-bond donors (Lipinski definition) is 1. The van der Waals surface area contributed by atoms with Gasteiger partial charge in [-0.2, -0.15) is 13.2 Å². The molecule has 0 bridgehead atoms. The molecule has 176 valence electrons. The molecular weight excluding hydrogens is 441 g/mol. The Kier molecular flexibility index (Phi) is 5.89. The van der Waals surface area contributed by atoms with Crippen LogP contribution in [0.1, 0.15) is 16.8 Å². The average molecular weight is 467 g/mol. The van der Waals surface area contributed by atoms with Gasteiger partial charge in [-0.3, -0.25) is 9.78 Å². The summed E-state index contributed by atoms with van der Waals surface area (Å²) in [6, 6.07) is 19.2. The van der Waals surface area contributed by atoms with E-state index < -0.39 is 17.7 Å². The maximum absolute atomic E-state index is 13.4. The largest absolute Gasteiger partial charge is 0.416 e. The van der Waals surface area contributed by atoms with Crippen molar-refractivity contribution in [2.24, 2.45) is 5.92 Å². The van der Waals surface area contributed by atoms with Crippen LogP contribution in [0.25, 0.3) is 0 Å². The maximum atomic E-state index is 13.4. The Morgan fingerprint density at radius 2 is 1.82 bits per heavy atom. The number of fused-ring (bicyclic) bond motifs is 3. The Labute approximate surface area is 196 Å². The lowest BCUT2D eigenvalue weighted by Crippen LogP contribution is -2.61. The van der Waals surface area contributed by atoms with Gasteiger partial charge in [0.1, 0.15) is 0 Å². The average Bonchev–Trinajstić information content (AvgIpc) is 2.86. The van der Waals surface area contributed by atoms with E-state index in [-0.39, 0.29) is 24.9 Å². The van der Waals surface area contributed by atoms with Crippen molar-refractivity contribution in [2.45, 2.75) is 25.2 Å². The molecule has 1 fully saturated rings. The van der Waals surface area contributed by atoms with Gasteiger partial charge in [-0.15, -0.1) is 0 Å². The van der Waals surface area contributed by atoms with Gasteiger partial charge in [0.15, 0.2) is 0 Å². The van der Waals surface area contributed by atoms with Gasteiger partial charge in [0.25, 0.3) is 0 Å². The highest BCUT2D eigenvalue weighted by Crippen LogP contribution is 2.40. The third-order valence-corrected chi connectivity index (χ3v) is 6.67. The van der Waals surface area contributed by atoms with Crippen LogP contribution in [0.4, 0.5) is 24.5 Å². The molecule has 1 saturated heterocycles. The second-order valence-corrected chi connectivity index (χ2v) is 8.73. The summed E-state index contributed by atoms with van der Waals surface area (Å²) in [4.78, 5) is 22.0. The van der Waals surface area contributed by atoms with Gasteiger partial charge in [-0.25, -0.2) is 0 Å². The minimum absolute atomic E-state index is 0.151. The monoisotopic (exact) mass is 466 g/mol. The van der Waals surface area contributed by atoms with E-state index in [1.165, 1.54) is 6.07 Å². The third kappa shape index (κ3) is 4.44. The molecule has 0 unspecified atom stereocenters. The molecule has 2 aliphatic heterocycles. The first kappa shape index (κ1) is 22.3. The Bertz CT molecular complexity index is 1150. The van der Waals surface area contributed by atoms with Crippen molar-refractivity contribution in [3.05, 3.63) is 89.7 Å². The van der Waals surface area contributed by atoms with Crippen molar-refractivity contribution >= 4 is 17.3 Å². The highest BCUT2D eigenvalue weighted by atomic mass is 19.4. The molecule has 0 saturated carbocycles. The van der Waals surface area contributed by atoms with E-state index in [0.717, 1.165) is 29.7 Å². The number of piperazine rings is 1. The number of nitrogens with one attached hydrogen (secondary N) is 1. The van der Waals surface area contributed by atoms with Gasteiger partial charge in [0.05, 0.1) is 29.8 Å². The summed E-state index contributed by atoms with van der Waals surface area (Å²) in [7, 11) is 0. The van der Waals surface area contributed by atoms with Crippen molar-refractivity contribution in [3.8, 4) is 0 Å². The van der Waals surface area contributed by atoms with Crippen molar-refractivity contribution in [1.82, 2.24) is 10.3 Å². The van der Waals surface area contributed by atoms with Crippen LogP contribution in [0.5, 0.6) is 0 Å². The third-order valence-electron chi connectivity index (χ3n) is 6.67. The first-order chi connectivity index (χ1) is 16.4. The number of para-hydroxylation sites is 1. The van der Waals surface area contributed by atoms with Crippen LogP contribution in [-0.4, -0.2) is 36.6 Å². The van der Waals surface area contributed by atoms with E-state index in [0.29, 0.717) is 18.7 Å². The molecule has 2 aliphatic rings. The summed E-state index contributed by atoms with van der Waals surface area (Å²) in [5, 5.41) is 2.96. The Hall–Kier alpha value is -3.55. The molecule has 2 aromatic carbocycles. The maximum Gasteiger partial charge on any atom is 0.416 e. The number of hydrogen-bond acceptors (Lipinski definition) is 4. The number of anilines is 2. The Morgan fingerprint density at radius 1 is 1.03 bits per heavy atom. The number of alkyl halides is 3. The van der Waals surface area contributed by atoms with Crippen LogP contribution < -0.4 is 15.1 Å². The second-order valence-electron chi connectivity index (χ2n) is 8.73. The molecule has 34 heavy (non-hydrogen) atoms. The lowest BCUT2D eigenvalue weighted by Gasteiger charge is -2.49. The zero-order valence-corrected chi connectivity index (χ0v) is 18.5. The molecule has 8 heteroatoms. The number of amides is 1. The predicted molar refractivity (Wildman–Crippen MR) is 125 cm³/mol. The summed E-state index contributed by atoms with van der Waals surface area (Å²) >= 11 is 0. The quantitative estimate of drug-likeness (QED) is 0.624. The molecule has 2 atom stereocenters. The topological polar surface area (TPSA) is 48.5 Å². The van der Waals surface area contributed by atoms with E-state index >= 15 is 0 Å². The van der Waals surface area contributed by atoms with Crippen LogP contribution >= 0.6 is 0 Å². The van der Waals surface area contributed by atoms with E-state index in [4.69, 9.17) is 0 Å². The number of rotatable bonds is 4. The number of nitrogens with zero attached hydrogens (tertiary/aromatic N) is 3. The standard InChI is InChI=1S/C26H25F3N4O/c27-26(28,29)19-9-10-23-18(14-19)15-22(25(34)31-16-20-6-4-5-11-30-20)24-17-32(12-13-33(23)24)21-7-2-1-3-8-21/h1-11,14,22,24H,12-13,15-17H2,(H,31,34)/t22-,24-/m1/s1. The van der Waals surface area contributed by atoms with Crippen molar-refractivity contribution in [1.29, 1.82) is 0 Å². The summed E-state index contributed by atoms with van der Waals surface area (Å²) < 4.78 is 40.2. The van der Waals surface area contributed by atoms with Gasteiger partial charge in [0.2, 0.25) is 5.91 Å². The van der Waals surface area contributed by atoms with Crippen LogP contribution in [0.3, 0.4) is 0 Å². The van der Waals surface area contributed by atoms with Crippen molar-refractivity contribution in [3.63, 3.8) is 0 Å². The number of carbonyl (C=O) groups is 1. The van der Waals surface area contributed by atoms with Crippen molar-refractivity contribution < 1.29 is 18.0 Å². The Balaban J connectivity index is 1.44. The fourth-order valence-corrected chi connectivity index (χ4v) is 4.98. The van der Waals surface area contributed by atoms with Gasteiger partial charge in [-0.1, -0.05) is 24.3 Å². The molecule has 5 nitrogen and oxygen atoms in total. The van der Waals surface area contributed by atoms with E-state index in [1.807, 2.05) is 42.5 Å².